The Morgan fingerprint density at radius 3 is 2.60 bits per heavy atom. The van der Waals surface area contributed by atoms with Crippen LogP contribution in [0.1, 0.15) is 34.1 Å². The fourth-order valence-corrected chi connectivity index (χ4v) is 3.86. The van der Waals surface area contributed by atoms with Crippen LogP contribution >= 0.6 is 0 Å². The van der Waals surface area contributed by atoms with Crippen molar-refractivity contribution in [1.82, 2.24) is 4.90 Å². The van der Waals surface area contributed by atoms with E-state index in [2.05, 4.69) is 0 Å². The molecule has 1 N–H and O–H groups in total. The van der Waals surface area contributed by atoms with Crippen LogP contribution in [0.15, 0.2) is 24.0 Å². The summed E-state index contributed by atoms with van der Waals surface area (Å²) in [4.78, 5) is 39.2. The molecule has 0 unspecified atom stereocenters. The summed E-state index contributed by atoms with van der Waals surface area (Å²) >= 11 is 0. The van der Waals surface area contributed by atoms with E-state index in [0.29, 0.717) is 18.8 Å². The molecule has 0 radical (unpaired) electrons. The number of methoxy groups -OCH3 is 1. The van der Waals surface area contributed by atoms with Gasteiger partial charge in [-0.2, -0.15) is 0 Å². The lowest BCUT2D eigenvalue weighted by molar-refractivity contribution is -0.154. The van der Waals surface area contributed by atoms with Crippen molar-refractivity contribution in [2.75, 3.05) is 26.9 Å². The van der Waals surface area contributed by atoms with Crippen molar-refractivity contribution in [3.63, 3.8) is 0 Å². The molecular formula is C21H31NO8. The Bertz CT molecular complexity index is 712. The first kappa shape index (κ1) is 24.0. The number of ether oxygens (including phenoxy) is 4. The number of hydrogen-bond acceptors (Lipinski definition) is 8. The molecule has 9 nitrogen and oxygen atoms in total. The van der Waals surface area contributed by atoms with Crippen molar-refractivity contribution < 1.29 is 38.4 Å². The van der Waals surface area contributed by atoms with Crippen molar-refractivity contribution in [2.24, 2.45) is 5.92 Å². The minimum absolute atomic E-state index is 0.0612. The van der Waals surface area contributed by atoms with Gasteiger partial charge < -0.3 is 24.1 Å². The molecule has 3 atom stereocenters. The summed E-state index contributed by atoms with van der Waals surface area (Å²) in [5.74, 6) is -0.778. The van der Waals surface area contributed by atoms with Crippen molar-refractivity contribution >= 4 is 17.8 Å². The first-order valence-corrected chi connectivity index (χ1v) is 10.00. The number of carbonyl (C=O) groups is 3. The van der Waals surface area contributed by atoms with Crippen LogP contribution in [-0.2, 0) is 28.5 Å². The van der Waals surface area contributed by atoms with Gasteiger partial charge in [-0.25, -0.2) is 9.69 Å². The Morgan fingerprint density at radius 2 is 2.00 bits per heavy atom. The van der Waals surface area contributed by atoms with Crippen LogP contribution in [0.3, 0.4) is 0 Å². The highest BCUT2D eigenvalue weighted by atomic mass is 16.6. The van der Waals surface area contributed by atoms with Gasteiger partial charge in [-0.05, 0) is 44.4 Å². The first-order chi connectivity index (χ1) is 14.1. The Morgan fingerprint density at radius 1 is 1.30 bits per heavy atom. The fraction of sp³-hybridized carbons (Fsp3) is 0.667. The monoisotopic (exact) mass is 425 g/mol. The van der Waals surface area contributed by atoms with Crippen molar-refractivity contribution in [3.05, 3.63) is 24.0 Å². The van der Waals surface area contributed by atoms with Crippen LogP contribution in [0.4, 0.5) is 4.79 Å². The van der Waals surface area contributed by atoms with Crippen LogP contribution in [0.2, 0.25) is 0 Å². The molecule has 0 aromatic rings. The number of hydrogen-bond donors (Lipinski definition) is 1. The first-order valence-electron chi connectivity index (χ1n) is 10.00. The van der Waals surface area contributed by atoms with Crippen LogP contribution < -0.4 is 0 Å². The molecule has 30 heavy (non-hydrogen) atoms. The number of aliphatic hydroxyl groups is 1. The predicted octanol–water partition coefficient (Wildman–Crippen LogP) is 1.59. The summed E-state index contributed by atoms with van der Waals surface area (Å²) in [6.07, 6.45) is 1.75. The second-order valence-electron chi connectivity index (χ2n) is 8.03. The van der Waals surface area contributed by atoms with Gasteiger partial charge in [0.2, 0.25) is 0 Å². The number of carbonyl (C=O) groups excluding carboxylic acids is 3. The second-order valence-corrected chi connectivity index (χ2v) is 8.03. The molecule has 0 spiro atoms. The van der Waals surface area contributed by atoms with E-state index in [9.17, 15) is 14.4 Å². The molecule has 0 aliphatic carbocycles. The topological polar surface area (TPSA) is 112 Å². The van der Waals surface area contributed by atoms with Crippen LogP contribution in [-0.4, -0.2) is 78.6 Å². The van der Waals surface area contributed by atoms with Gasteiger partial charge in [-0.3, -0.25) is 9.59 Å². The van der Waals surface area contributed by atoms with Gasteiger partial charge in [0.25, 0.3) is 5.91 Å². The number of nitrogens with zero attached hydrogens (tertiary/aromatic N) is 1. The molecule has 0 aromatic heterocycles. The number of allylic oxidation sites excluding steroid dienone is 1. The maximum absolute atomic E-state index is 13.3. The zero-order valence-corrected chi connectivity index (χ0v) is 18.1. The summed E-state index contributed by atoms with van der Waals surface area (Å²) < 4.78 is 21.6. The second kappa shape index (κ2) is 10.2. The standard InChI is InChI=1S/C21H31NO8/c1-13(2)18-21(3,4)30-20(26)22(18)19(25)17(27-5)16-15(24)9-8-14(29-16)7-6-11-28-12-10-23/h7-9,13,16-18,23H,6,10-12H2,1-5H3/t16-,17+,18+/m0/s1. The normalized spacial score (nSPS) is 25.6. The number of rotatable bonds is 9. The zero-order valence-electron chi connectivity index (χ0n) is 18.1. The van der Waals surface area contributed by atoms with E-state index in [0.717, 1.165) is 4.90 Å². The van der Waals surface area contributed by atoms with E-state index in [1.807, 2.05) is 13.8 Å². The van der Waals surface area contributed by atoms with Crippen LogP contribution in [0, 0.1) is 5.92 Å². The number of imide groups is 1. The van der Waals surface area contributed by atoms with E-state index in [1.54, 1.807) is 19.9 Å². The molecule has 2 heterocycles. The largest absolute Gasteiger partial charge is 0.479 e. The summed E-state index contributed by atoms with van der Waals surface area (Å²) in [6, 6.07) is -0.511. The number of aliphatic hydroxyl groups excluding tert-OH is 1. The highest BCUT2D eigenvalue weighted by Gasteiger charge is 2.54. The van der Waals surface area contributed by atoms with Gasteiger partial charge in [0.1, 0.15) is 11.4 Å². The minimum atomic E-state index is -1.31. The third kappa shape index (κ3) is 5.27. The Hall–Kier alpha value is -2.23. The highest BCUT2D eigenvalue weighted by Crippen LogP contribution is 2.35. The Kier molecular flexibility index (Phi) is 8.17. The van der Waals surface area contributed by atoms with Crippen molar-refractivity contribution in [3.8, 4) is 0 Å². The number of amides is 2. The minimum Gasteiger partial charge on any atom is -0.479 e. The van der Waals surface area contributed by atoms with Gasteiger partial charge in [-0.15, -0.1) is 0 Å². The highest BCUT2D eigenvalue weighted by molar-refractivity contribution is 6.03. The summed E-state index contributed by atoms with van der Waals surface area (Å²) in [7, 11) is 1.29. The molecule has 2 aliphatic rings. The quantitative estimate of drug-likeness (QED) is 0.555. The molecule has 2 amide bonds. The number of cyclic esters (lactones) is 1. The average molecular weight is 425 g/mol. The van der Waals surface area contributed by atoms with E-state index in [-0.39, 0.29) is 19.1 Å². The lowest BCUT2D eigenvalue weighted by Gasteiger charge is -2.34. The summed E-state index contributed by atoms with van der Waals surface area (Å²) in [5, 5.41) is 8.72. The lowest BCUT2D eigenvalue weighted by atomic mass is 9.88. The van der Waals surface area contributed by atoms with E-state index in [1.165, 1.54) is 19.3 Å². The maximum Gasteiger partial charge on any atom is 0.417 e. The van der Waals surface area contributed by atoms with Gasteiger partial charge in [0.05, 0.1) is 25.9 Å². The molecule has 0 aromatic carbocycles. The number of ketones is 1. The summed E-state index contributed by atoms with van der Waals surface area (Å²) in [5.41, 5.74) is -0.865. The fourth-order valence-electron chi connectivity index (χ4n) is 3.86. The van der Waals surface area contributed by atoms with Crippen molar-refractivity contribution in [1.29, 1.82) is 0 Å². The molecule has 2 aliphatic heterocycles. The molecule has 2 rings (SSSR count). The molecule has 9 heteroatoms. The molecule has 0 bridgehead atoms. The lowest BCUT2D eigenvalue weighted by Crippen LogP contribution is -2.55. The zero-order chi connectivity index (χ0) is 22.5. The molecule has 1 fully saturated rings. The summed E-state index contributed by atoms with van der Waals surface area (Å²) in [6.45, 7) is 7.82. The molecular weight excluding hydrogens is 394 g/mol. The van der Waals surface area contributed by atoms with Gasteiger partial charge >= 0.3 is 6.09 Å². The van der Waals surface area contributed by atoms with E-state index >= 15 is 0 Å². The molecule has 0 saturated carbocycles. The third-order valence-corrected chi connectivity index (χ3v) is 4.98. The van der Waals surface area contributed by atoms with Crippen LogP contribution in [0.5, 0.6) is 0 Å². The molecule has 168 valence electrons. The van der Waals surface area contributed by atoms with Gasteiger partial charge in [-0.1, -0.05) is 13.8 Å². The van der Waals surface area contributed by atoms with E-state index in [4.69, 9.17) is 24.1 Å². The van der Waals surface area contributed by atoms with Gasteiger partial charge in [0.15, 0.2) is 18.0 Å². The van der Waals surface area contributed by atoms with Crippen LogP contribution in [0.25, 0.3) is 0 Å². The van der Waals surface area contributed by atoms with Crippen molar-refractivity contribution in [2.45, 2.75) is 58.0 Å². The smallest absolute Gasteiger partial charge is 0.417 e. The maximum atomic E-state index is 13.3. The molecule has 1 saturated heterocycles. The SMILES string of the molecule is CO[C@@H](C(=O)N1C(=O)OC(C)(C)[C@H]1C(C)C)[C@H]1OC(=CCCOCCO)C=CC1=O. The third-order valence-electron chi connectivity index (χ3n) is 4.98. The predicted molar refractivity (Wildman–Crippen MR) is 106 cm³/mol. The van der Waals surface area contributed by atoms with E-state index < -0.39 is 41.6 Å². The average Bonchev–Trinajstić information content (AvgIpc) is 2.92. The Balaban J connectivity index is 2.18. The van der Waals surface area contributed by atoms with Gasteiger partial charge in [0, 0.05) is 7.11 Å². The Labute approximate surface area is 176 Å².